The lowest BCUT2D eigenvalue weighted by Gasteiger charge is -2.35. The van der Waals surface area contributed by atoms with Gasteiger partial charge in [-0.15, -0.1) is 0 Å². The van der Waals surface area contributed by atoms with Gasteiger partial charge in [0.1, 0.15) is 6.17 Å². The molecule has 2 aliphatic rings. The Morgan fingerprint density at radius 3 is 2.52 bits per heavy atom. The van der Waals surface area contributed by atoms with Gasteiger partial charge < -0.3 is 9.64 Å². The molecule has 4 nitrogen and oxygen atoms in total. The molecule has 1 amide bonds. The Morgan fingerprint density at radius 2 is 1.90 bits per heavy atom. The molecule has 0 aliphatic carbocycles. The van der Waals surface area contributed by atoms with Crippen molar-refractivity contribution in [3.05, 3.63) is 35.4 Å². The maximum atomic E-state index is 12.5. The normalized spacial score (nSPS) is 27.3. The van der Waals surface area contributed by atoms with E-state index in [0.29, 0.717) is 6.04 Å². The van der Waals surface area contributed by atoms with E-state index in [-0.39, 0.29) is 18.1 Å². The maximum absolute atomic E-state index is 12.5. The molecule has 2 saturated heterocycles. The topological polar surface area (TPSA) is 41.6 Å². The second-order valence-electron chi connectivity index (χ2n) is 5.98. The van der Waals surface area contributed by atoms with Gasteiger partial charge in [-0.1, -0.05) is 31.2 Å². The van der Waals surface area contributed by atoms with Crippen molar-refractivity contribution in [2.24, 2.45) is 0 Å². The number of rotatable bonds is 3. The van der Waals surface area contributed by atoms with Gasteiger partial charge in [-0.2, -0.15) is 0 Å². The second kappa shape index (κ2) is 6.16. The summed E-state index contributed by atoms with van der Waals surface area (Å²) < 4.78 is 5.43. The Hall–Kier alpha value is -1.39. The van der Waals surface area contributed by atoms with E-state index in [0.717, 1.165) is 32.5 Å². The first-order chi connectivity index (χ1) is 10.2. The summed E-state index contributed by atoms with van der Waals surface area (Å²) in [5.41, 5.74) is 2.50. The third kappa shape index (κ3) is 2.83. The number of carbonyl (C=O) groups is 1. The number of nitrogens with zero attached hydrogens (tertiary/aromatic N) is 1. The number of hydrogen-bond acceptors (Lipinski definition) is 3. The SMILES string of the molecule is CCc1ccc(C2NC(C)C(=O)N2C2CCOCC2)cc1. The van der Waals surface area contributed by atoms with Gasteiger partial charge in [0.25, 0.3) is 0 Å². The zero-order valence-electron chi connectivity index (χ0n) is 12.8. The lowest BCUT2D eigenvalue weighted by Crippen LogP contribution is -2.43. The van der Waals surface area contributed by atoms with Crippen LogP contribution < -0.4 is 5.32 Å². The van der Waals surface area contributed by atoms with Crippen molar-refractivity contribution in [3.8, 4) is 0 Å². The van der Waals surface area contributed by atoms with Crippen molar-refractivity contribution in [3.63, 3.8) is 0 Å². The van der Waals surface area contributed by atoms with Gasteiger partial charge in [-0.3, -0.25) is 10.1 Å². The smallest absolute Gasteiger partial charge is 0.241 e. The van der Waals surface area contributed by atoms with Crippen molar-refractivity contribution in [2.45, 2.75) is 51.4 Å². The van der Waals surface area contributed by atoms with E-state index >= 15 is 0 Å². The van der Waals surface area contributed by atoms with Crippen LogP contribution in [0.4, 0.5) is 0 Å². The number of ether oxygens (including phenoxy) is 1. The van der Waals surface area contributed by atoms with Crippen LogP contribution in [0.25, 0.3) is 0 Å². The fourth-order valence-corrected chi connectivity index (χ4v) is 3.29. The first kappa shape index (κ1) is 14.5. The van der Waals surface area contributed by atoms with E-state index in [4.69, 9.17) is 4.74 Å². The zero-order chi connectivity index (χ0) is 14.8. The molecular weight excluding hydrogens is 264 g/mol. The molecule has 0 spiro atoms. The summed E-state index contributed by atoms with van der Waals surface area (Å²) in [5.74, 6) is 0.214. The number of benzene rings is 1. The lowest BCUT2D eigenvalue weighted by atomic mass is 10.0. The van der Waals surface area contributed by atoms with Crippen molar-refractivity contribution in [2.75, 3.05) is 13.2 Å². The fourth-order valence-electron chi connectivity index (χ4n) is 3.29. The Morgan fingerprint density at radius 1 is 1.24 bits per heavy atom. The number of nitrogens with one attached hydrogen (secondary N) is 1. The highest BCUT2D eigenvalue weighted by atomic mass is 16.5. The molecule has 2 atom stereocenters. The van der Waals surface area contributed by atoms with Gasteiger partial charge in [0, 0.05) is 19.3 Å². The van der Waals surface area contributed by atoms with Crippen molar-refractivity contribution in [1.29, 1.82) is 0 Å². The fraction of sp³-hybridized carbons (Fsp3) is 0.588. The molecule has 114 valence electrons. The van der Waals surface area contributed by atoms with Gasteiger partial charge in [-0.25, -0.2) is 0 Å². The number of amides is 1. The van der Waals surface area contributed by atoms with E-state index in [9.17, 15) is 4.79 Å². The van der Waals surface area contributed by atoms with Crippen LogP contribution in [0.15, 0.2) is 24.3 Å². The van der Waals surface area contributed by atoms with Crippen LogP contribution in [0.2, 0.25) is 0 Å². The van der Waals surface area contributed by atoms with Crippen molar-refractivity contribution < 1.29 is 9.53 Å². The highest BCUT2D eigenvalue weighted by Gasteiger charge is 2.41. The van der Waals surface area contributed by atoms with Crippen LogP contribution in [-0.4, -0.2) is 36.1 Å². The molecule has 0 radical (unpaired) electrons. The highest BCUT2D eigenvalue weighted by molar-refractivity contribution is 5.84. The van der Waals surface area contributed by atoms with Crippen LogP contribution in [0, 0.1) is 0 Å². The molecule has 2 unspecified atom stereocenters. The van der Waals surface area contributed by atoms with E-state index in [1.165, 1.54) is 11.1 Å². The predicted octanol–water partition coefficient (Wildman–Crippen LogP) is 2.25. The monoisotopic (exact) mass is 288 g/mol. The molecular formula is C17H24N2O2. The van der Waals surface area contributed by atoms with Crippen molar-refractivity contribution in [1.82, 2.24) is 10.2 Å². The second-order valence-corrected chi connectivity index (χ2v) is 5.98. The quantitative estimate of drug-likeness (QED) is 0.927. The van der Waals surface area contributed by atoms with Crippen LogP contribution in [-0.2, 0) is 16.0 Å². The average molecular weight is 288 g/mol. The molecule has 1 N–H and O–H groups in total. The van der Waals surface area contributed by atoms with Crippen LogP contribution in [0.5, 0.6) is 0 Å². The van der Waals surface area contributed by atoms with E-state index < -0.39 is 0 Å². The van der Waals surface area contributed by atoms with E-state index in [2.05, 4.69) is 36.5 Å². The Bertz CT molecular complexity index is 494. The molecule has 0 saturated carbocycles. The van der Waals surface area contributed by atoms with Gasteiger partial charge in [0.15, 0.2) is 0 Å². The van der Waals surface area contributed by atoms with Crippen LogP contribution in [0.3, 0.4) is 0 Å². The minimum atomic E-state index is -0.108. The summed E-state index contributed by atoms with van der Waals surface area (Å²) >= 11 is 0. The van der Waals surface area contributed by atoms with Gasteiger partial charge >= 0.3 is 0 Å². The molecule has 4 heteroatoms. The zero-order valence-corrected chi connectivity index (χ0v) is 12.8. The first-order valence-corrected chi connectivity index (χ1v) is 7.95. The number of carbonyl (C=O) groups excluding carboxylic acids is 1. The van der Waals surface area contributed by atoms with Gasteiger partial charge in [0.05, 0.1) is 6.04 Å². The molecule has 1 aromatic rings. The molecule has 1 aromatic carbocycles. The van der Waals surface area contributed by atoms with Crippen LogP contribution >= 0.6 is 0 Å². The summed E-state index contributed by atoms with van der Waals surface area (Å²) in [5, 5.41) is 3.44. The standard InChI is InChI=1S/C17H24N2O2/c1-3-13-4-6-14(7-5-13)16-18-12(2)17(20)19(16)15-8-10-21-11-9-15/h4-7,12,15-16,18H,3,8-11H2,1-2H3. The molecule has 2 aliphatic heterocycles. The van der Waals surface area contributed by atoms with Crippen molar-refractivity contribution >= 4 is 5.91 Å². The summed E-state index contributed by atoms with van der Waals surface area (Å²) in [6.07, 6.45) is 2.91. The minimum Gasteiger partial charge on any atom is -0.381 e. The van der Waals surface area contributed by atoms with E-state index in [1.54, 1.807) is 0 Å². The minimum absolute atomic E-state index is 0.00139. The van der Waals surface area contributed by atoms with E-state index in [1.807, 2.05) is 11.8 Å². The Kier molecular flexibility index (Phi) is 4.27. The molecule has 2 heterocycles. The lowest BCUT2D eigenvalue weighted by molar-refractivity contribution is -0.134. The third-order valence-corrected chi connectivity index (χ3v) is 4.60. The summed E-state index contributed by atoms with van der Waals surface area (Å²) in [6.45, 7) is 5.62. The maximum Gasteiger partial charge on any atom is 0.241 e. The largest absolute Gasteiger partial charge is 0.381 e. The average Bonchev–Trinajstić information content (AvgIpc) is 2.84. The molecule has 0 bridgehead atoms. The Labute approximate surface area is 126 Å². The van der Waals surface area contributed by atoms with Gasteiger partial charge in [-0.05, 0) is 37.3 Å². The molecule has 3 rings (SSSR count). The van der Waals surface area contributed by atoms with Crippen LogP contribution in [0.1, 0.15) is 44.0 Å². The first-order valence-electron chi connectivity index (χ1n) is 7.95. The summed E-state index contributed by atoms with van der Waals surface area (Å²) in [6, 6.07) is 8.80. The number of hydrogen-bond donors (Lipinski definition) is 1. The van der Waals surface area contributed by atoms with Gasteiger partial charge in [0.2, 0.25) is 5.91 Å². The summed E-state index contributed by atoms with van der Waals surface area (Å²) in [4.78, 5) is 14.6. The number of aryl methyl sites for hydroxylation is 1. The highest BCUT2D eigenvalue weighted by Crippen LogP contribution is 2.31. The Balaban J connectivity index is 1.85. The predicted molar refractivity (Wildman–Crippen MR) is 81.8 cm³/mol. The molecule has 2 fully saturated rings. The third-order valence-electron chi connectivity index (χ3n) is 4.60. The summed E-state index contributed by atoms with van der Waals surface area (Å²) in [7, 11) is 0. The molecule has 0 aromatic heterocycles. The molecule has 21 heavy (non-hydrogen) atoms.